The maximum Gasteiger partial charge on any atom is 0.305 e. The minimum atomic E-state index is -0.499. The number of rotatable bonds is 6. The molecule has 1 aromatic carbocycles. The van der Waals surface area contributed by atoms with E-state index in [2.05, 4.69) is 15.8 Å². The molecule has 0 spiro atoms. The summed E-state index contributed by atoms with van der Waals surface area (Å²) in [4.78, 5) is 26.2. The van der Waals surface area contributed by atoms with Gasteiger partial charge in [0.15, 0.2) is 5.76 Å². The summed E-state index contributed by atoms with van der Waals surface area (Å²) in [6.45, 7) is 0.939. The third-order valence-electron chi connectivity index (χ3n) is 4.57. The van der Waals surface area contributed by atoms with E-state index in [0.717, 1.165) is 36.4 Å². The number of hydrogen-bond acceptors (Lipinski definition) is 6. The van der Waals surface area contributed by atoms with Crippen molar-refractivity contribution in [3.05, 3.63) is 47.9 Å². The van der Waals surface area contributed by atoms with Crippen LogP contribution in [-0.4, -0.2) is 44.0 Å². The highest BCUT2D eigenvalue weighted by molar-refractivity contribution is 5.93. The Morgan fingerprint density at radius 1 is 1.22 bits per heavy atom. The first kappa shape index (κ1) is 18.8. The van der Waals surface area contributed by atoms with Crippen molar-refractivity contribution in [1.29, 1.82) is 0 Å². The molecular weight excluding hydrogens is 350 g/mol. The Morgan fingerprint density at radius 2 is 2.07 bits per heavy atom. The second-order valence-corrected chi connectivity index (χ2v) is 6.22. The molecule has 8 nitrogen and oxygen atoms in total. The Hall–Kier alpha value is -3.00. The Balaban J connectivity index is 1.63. The molecule has 1 fully saturated rings. The molecule has 1 saturated heterocycles. The first-order chi connectivity index (χ1) is 13.1. The van der Waals surface area contributed by atoms with E-state index in [1.165, 1.54) is 12.3 Å². The highest BCUT2D eigenvalue weighted by Gasteiger charge is 2.30. The topological polar surface area (TPSA) is 93.0 Å². The van der Waals surface area contributed by atoms with E-state index in [1.807, 2.05) is 18.2 Å². The van der Waals surface area contributed by atoms with Gasteiger partial charge in [0.25, 0.3) is 5.91 Å². The Labute approximate surface area is 157 Å². The van der Waals surface area contributed by atoms with Gasteiger partial charge in [-0.25, -0.2) is 0 Å². The number of carbonyl (C=O) groups excluding carboxylic acids is 2. The standard InChI is InChI=1S/C19H23N3O5/c1-25-13-7-8-16(26-2)14(11-13)15-5-3-9-22(15)12-18(23)20-21-19(24)17-6-4-10-27-17/h4,6-8,10-11,15H,3,5,9,12H2,1-2H3,(H,20,23)(H,21,24)/t15-/m1/s1. The van der Waals surface area contributed by atoms with E-state index >= 15 is 0 Å². The largest absolute Gasteiger partial charge is 0.497 e. The third kappa shape index (κ3) is 4.40. The van der Waals surface area contributed by atoms with Crippen LogP contribution in [0.15, 0.2) is 41.0 Å². The molecule has 27 heavy (non-hydrogen) atoms. The zero-order valence-corrected chi connectivity index (χ0v) is 15.4. The lowest BCUT2D eigenvalue weighted by Gasteiger charge is -2.26. The number of nitrogens with zero attached hydrogens (tertiary/aromatic N) is 1. The summed E-state index contributed by atoms with van der Waals surface area (Å²) in [6.07, 6.45) is 3.28. The van der Waals surface area contributed by atoms with Crippen LogP contribution in [0, 0.1) is 0 Å². The number of amides is 2. The molecule has 8 heteroatoms. The van der Waals surface area contributed by atoms with Crippen LogP contribution in [0.25, 0.3) is 0 Å². The number of carbonyl (C=O) groups is 2. The van der Waals surface area contributed by atoms with E-state index in [4.69, 9.17) is 13.9 Å². The van der Waals surface area contributed by atoms with Crippen molar-refractivity contribution in [2.45, 2.75) is 18.9 Å². The summed E-state index contributed by atoms with van der Waals surface area (Å²) in [5.74, 6) is 0.840. The molecule has 1 atom stereocenters. The maximum absolute atomic E-state index is 12.3. The molecule has 0 radical (unpaired) electrons. The van der Waals surface area contributed by atoms with Crippen LogP contribution in [0.2, 0.25) is 0 Å². The second kappa shape index (κ2) is 8.59. The van der Waals surface area contributed by atoms with Gasteiger partial charge in [-0.05, 0) is 49.7 Å². The molecule has 0 unspecified atom stereocenters. The molecule has 144 valence electrons. The number of nitrogens with one attached hydrogen (secondary N) is 2. The molecule has 0 saturated carbocycles. The van der Waals surface area contributed by atoms with E-state index in [0.29, 0.717) is 0 Å². The van der Waals surface area contributed by atoms with Crippen molar-refractivity contribution in [3.63, 3.8) is 0 Å². The average molecular weight is 373 g/mol. The zero-order valence-electron chi connectivity index (χ0n) is 15.4. The molecule has 1 aliphatic rings. The van der Waals surface area contributed by atoms with Gasteiger partial charge < -0.3 is 13.9 Å². The van der Waals surface area contributed by atoms with Crippen molar-refractivity contribution in [1.82, 2.24) is 15.8 Å². The normalized spacial score (nSPS) is 16.7. The van der Waals surface area contributed by atoms with Crippen LogP contribution < -0.4 is 20.3 Å². The fourth-order valence-electron chi connectivity index (χ4n) is 3.29. The summed E-state index contributed by atoms with van der Waals surface area (Å²) in [5.41, 5.74) is 5.76. The van der Waals surface area contributed by atoms with Gasteiger partial charge in [-0.3, -0.25) is 25.3 Å². The van der Waals surface area contributed by atoms with E-state index in [-0.39, 0.29) is 24.3 Å². The van der Waals surface area contributed by atoms with Crippen molar-refractivity contribution in [3.8, 4) is 11.5 Å². The zero-order chi connectivity index (χ0) is 19.2. The minimum Gasteiger partial charge on any atom is -0.497 e. The third-order valence-corrected chi connectivity index (χ3v) is 4.57. The van der Waals surface area contributed by atoms with Gasteiger partial charge in [-0.2, -0.15) is 0 Å². The smallest absolute Gasteiger partial charge is 0.305 e. The van der Waals surface area contributed by atoms with Gasteiger partial charge in [0.1, 0.15) is 11.5 Å². The van der Waals surface area contributed by atoms with Crippen molar-refractivity contribution < 1.29 is 23.5 Å². The summed E-state index contributed by atoms with van der Waals surface area (Å²) in [5, 5.41) is 0. The molecule has 1 aromatic heterocycles. The Bertz CT molecular complexity index is 791. The van der Waals surface area contributed by atoms with Gasteiger partial charge in [-0.15, -0.1) is 0 Å². The van der Waals surface area contributed by atoms with Crippen LogP contribution in [0.1, 0.15) is 35.0 Å². The second-order valence-electron chi connectivity index (χ2n) is 6.22. The Kier molecular flexibility index (Phi) is 5.97. The van der Waals surface area contributed by atoms with Gasteiger partial charge in [0.2, 0.25) is 0 Å². The minimum absolute atomic E-state index is 0.0431. The lowest BCUT2D eigenvalue weighted by atomic mass is 10.0. The van der Waals surface area contributed by atoms with Gasteiger partial charge >= 0.3 is 5.91 Å². The SMILES string of the molecule is COc1ccc(OC)c([C@H]2CCCN2CC(=O)NNC(=O)c2ccco2)c1. The summed E-state index contributed by atoms with van der Waals surface area (Å²) < 4.78 is 15.8. The Morgan fingerprint density at radius 3 is 2.78 bits per heavy atom. The monoisotopic (exact) mass is 373 g/mol. The predicted molar refractivity (Wildman–Crippen MR) is 97.4 cm³/mol. The van der Waals surface area contributed by atoms with Crippen LogP contribution in [0.5, 0.6) is 11.5 Å². The van der Waals surface area contributed by atoms with Crippen molar-refractivity contribution in [2.75, 3.05) is 27.3 Å². The number of likely N-dealkylation sites (tertiary alicyclic amines) is 1. The van der Waals surface area contributed by atoms with Gasteiger partial charge in [0, 0.05) is 11.6 Å². The molecule has 2 N–H and O–H groups in total. The first-order valence-corrected chi connectivity index (χ1v) is 8.71. The highest BCUT2D eigenvalue weighted by Crippen LogP contribution is 2.38. The molecule has 2 amide bonds. The molecule has 2 aromatic rings. The predicted octanol–water partition coefficient (Wildman–Crippen LogP) is 1.89. The molecule has 0 aliphatic carbocycles. The fraction of sp³-hybridized carbons (Fsp3) is 0.368. The number of hydrazine groups is 1. The summed E-state index contributed by atoms with van der Waals surface area (Å²) in [6, 6.07) is 8.83. The van der Waals surface area contributed by atoms with Crippen molar-refractivity contribution in [2.24, 2.45) is 0 Å². The quantitative estimate of drug-likeness (QED) is 0.751. The van der Waals surface area contributed by atoms with E-state index in [1.54, 1.807) is 20.3 Å². The van der Waals surface area contributed by atoms with Crippen molar-refractivity contribution >= 4 is 11.8 Å². The lowest BCUT2D eigenvalue weighted by molar-refractivity contribution is -0.123. The molecular formula is C19H23N3O5. The molecule has 1 aliphatic heterocycles. The van der Waals surface area contributed by atoms with Crippen LogP contribution >= 0.6 is 0 Å². The number of hydrogen-bond donors (Lipinski definition) is 2. The van der Waals surface area contributed by atoms with Gasteiger partial charge in [0.05, 0.1) is 27.0 Å². The van der Waals surface area contributed by atoms with Gasteiger partial charge in [-0.1, -0.05) is 0 Å². The molecule has 2 heterocycles. The van der Waals surface area contributed by atoms with Crippen LogP contribution in [0.4, 0.5) is 0 Å². The number of ether oxygens (including phenoxy) is 2. The highest BCUT2D eigenvalue weighted by atomic mass is 16.5. The first-order valence-electron chi connectivity index (χ1n) is 8.71. The summed E-state index contributed by atoms with van der Waals surface area (Å²) in [7, 11) is 3.24. The number of methoxy groups -OCH3 is 2. The number of benzene rings is 1. The maximum atomic E-state index is 12.3. The van der Waals surface area contributed by atoms with Crippen LogP contribution in [0.3, 0.4) is 0 Å². The summed E-state index contributed by atoms with van der Waals surface area (Å²) >= 11 is 0. The fourth-order valence-corrected chi connectivity index (χ4v) is 3.29. The molecule has 0 bridgehead atoms. The average Bonchev–Trinajstić information content (AvgIpc) is 3.37. The van der Waals surface area contributed by atoms with Crippen LogP contribution in [-0.2, 0) is 4.79 Å². The lowest BCUT2D eigenvalue weighted by Crippen LogP contribution is -2.46. The molecule has 3 rings (SSSR count). The van der Waals surface area contributed by atoms with E-state index < -0.39 is 5.91 Å². The number of furan rings is 1. The van der Waals surface area contributed by atoms with E-state index in [9.17, 15) is 9.59 Å².